The Morgan fingerprint density at radius 2 is 1.75 bits per heavy atom. The van der Waals surface area contributed by atoms with Gasteiger partial charge in [-0.05, 0) is 42.8 Å². The summed E-state index contributed by atoms with van der Waals surface area (Å²) in [6.07, 6.45) is -4.63. The Hall–Kier alpha value is -3.18. The lowest BCUT2D eigenvalue weighted by molar-refractivity contribution is -0.148. The van der Waals surface area contributed by atoms with Gasteiger partial charge in [-0.1, -0.05) is 34.1 Å². The van der Waals surface area contributed by atoms with Crippen molar-refractivity contribution in [1.82, 2.24) is 0 Å². The molecule has 0 radical (unpaired) electrons. The molecule has 0 saturated heterocycles. The summed E-state index contributed by atoms with van der Waals surface area (Å²) in [5.74, 6) is -4.27. The molecule has 3 rings (SSSR count). The number of alkyl halides is 3. The van der Waals surface area contributed by atoms with Crippen LogP contribution in [0.15, 0.2) is 64.3 Å². The number of anilines is 1. The number of halogens is 4. The SMILES string of the molecule is COCCOC(=O)C1C(=N)N(c2cccc(C(F)(F)F)c2)C(C)=C(C(=O)OC)C1c1ccc(Br)cc1. The number of allylic oxidation sites excluding steroid dienone is 1. The second-order valence-electron chi connectivity index (χ2n) is 7.93. The van der Waals surface area contributed by atoms with Crippen molar-refractivity contribution in [3.8, 4) is 0 Å². The van der Waals surface area contributed by atoms with Crippen LogP contribution in [-0.4, -0.2) is 45.2 Å². The summed E-state index contributed by atoms with van der Waals surface area (Å²) >= 11 is 3.35. The number of carbonyl (C=O) groups excluding carboxylic acids is 2. The van der Waals surface area contributed by atoms with Crippen molar-refractivity contribution in [3.63, 3.8) is 0 Å². The number of amidine groups is 1. The molecule has 1 aliphatic heterocycles. The van der Waals surface area contributed by atoms with E-state index in [1.165, 1.54) is 33.3 Å². The van der Waals surface area contributed by atoms with Crippen molar-refractivity contribution >= 4 is 39.4 Å². The molecule has 0 aromatic heterocycles. The van der Waals surface area contributed by atoms with Crippen LogP contribution in [0.25, 0.3) is 0 Å². The molecule has 7 nitrogen and oxygen atoms in total. The van der Waals surface area contributed by atoms with E-state index in [1.54, 1.807) is 24.3 Å². The van der Waals surface area contributed by atoms with Gasteiger partial charge >= 0.3 is 18.1 Å². The molecule has 2 aromatic carbocycles. The Labute approximate surface area is 214 Å². The smallest absolute Gasteiger partial charge is 0.416 e. The molecule has 36 heavy (non-hydrogen) atoms. The predicted octanol–water partition coefficient (Wildman–Crippen LogP) is 5.30. The van der Waals surface area contributed by atoms with Crippen molar-refractivity contribution in [3.05, 3.63) is 75.4 Å². The number of benzene rings is 2. The van der Waals surface area contributed by atoms with Crippen LogP contribution in [0, 0.1) is 11.3 Å². The highest BCUT2D eigenvalue weighted by Gasteiger charge is 2.47. The lowest BCUT2D eigenvalue weighted by Crippen LogP contribution is -2.48. The maximum Gasteiger partial charge on any atom is 0.416 e. The maximum atomic E-state index is 13.4. The summed E-state index contributed by atoms with van der Waals surface area (Å²) in [6, 6.07) is 11.1. The van der Waals surface area contributed by atoms with Crippen LogP contribution in [0.4, 0.5) is 18.9 Å². The highest BCUT2D eigenvalue weighted by Crippen LogP contribution is 2.44. The molecule has 2 atom stereocenters. The Kier molecular flexibility index (Phi) is 8.57. The van der Waals surface area contributed by atoms with E-state index in [2.05, 4.69) is 15.9 Å². The number of ether oxygens (including phenoxy) is 3. The first-order valence-electron chi connectivity index (χ1n) is 10.8. The first-order chi connectivity index (χ1) is 17.0. The zero-order valence-corrected chi connectivity index (χ0v) is 21.3. The van der Waals surface area contributed by atoms with Crippen molar-refractivity contribution in [2.75, 3.05) is 32.3 Å². The van der Waals surface area contributed by atoms with Crippen LogP contribution in [0.3, 0.4) is 0 Å². The van der Waals surface area contributed by atoms with Gasteiger partial charge in [-0.15, -0.1) is 0 Å². The summed E-state index contributed by atoms with van der Waals surface area (Å²) in [4.78, 5) is 27.5. The van der Waals surface area contributed by atoms with Gasteiger partial charge in [-0.2, -0.15) is 13.2 Å². The highest BCUT2D eigenvalue weighted by molar-refractivity contribution is 9.10. The quantitative estimate of drug-likeness (QED) is 0.360. The maximum absolute atomic E-state index is 13.4. The Balaban J connectivity index is 2.25. The van der Waals surface area contributed by atoms with Crippen molar-refractivity contribution in [2.24, 2.45) is 5.92 Å². The van der Waals surface area contributed by atoms with Crippen molar-refractivity contribution < 1.29 is 37.0 Å². The minimum Gasteiger partial charge on any atom is -0.466 e. The number of nitrogens with zero attached hydrogens (tertiary/aromatic N) is 1. The van der Waals surface area contributed by atoms with Gasteiger partial charge in [0.1, 0.15) is 18.4 Å². The van der Waals surface area contributed by atoms with E-state index in [4.69, 9.17) is 19.6 Å². The zero-order valence-electron chi connectivity index (χ0n) is 19.7. The molecule has 0 bridgehead atoms. The molecule has 1 aliphatic rings. The fourth-order valence-corrected chi connectivity index (χ4v) is 4.39. The van der Waals surface area contributed by atoms with E-state index in [1.807, 2.05) is 0 Å². The molecule has 2 unspecified atom stereocenters. The summed E-state index contributed by atoms with van der Waals surface area (Å²) in [6.45, 7) is 1.50. The van der Waals surface area contributed by atoms with Crippen LogP contribution in [0.2, 0.25) is 0 Å². The van der Waals surface area contributed by atoms with Crippen molar-refractivity contribution in [2.45, 2.75) is 19.0 Å². The monoisotopic (exact) mass is 568 g/mol. The van der Waals surface area contributed by atoms with E-state index in [9.17, 15) is 22.8 Å². The Bertz CT molecular complexity index is 1180. The molecule has 11 heteroatoms. The Morgan fingerprint density at radius 1 is 1.08 bits per heavy atom. The van der Waals surface area contributed by atoms with Gasteiger partial charge in [0.25, 0.3) is 0 Å². The fourth-order valence-electron chi connectivity index (χ4n) is 4.12. The molecular formula is C25H24BrF3N2O5. The number of nitrogens with one attached hydrogen (secondary N) is 1. The lowest BCUT2D eigenvalue weighted by Gasteiger charge is -2.40. The molecule has 0 saturated carbocycles. The van der Waals surface area contributed by atoms with Gasteiger partial charge in [-0.25, -0.2) is 4.79 Å². The van der Waals surface area contributed by atoms with Crippen LogP contribution in [0.1, 0.15) is 24.0 Å². The predicted molar refractivity (Wildman–Crippen MR) is 130 cm³/mol. The van der Waals surface area contributed by atoms with Gasteiger partial charge < -0.3 is 19.1 Å². The normalized spacial score (nSPS) is 18.3. The number of hydrogen-bond acceptors (Lipinski definition) is 6. The third-order valence-corrected chi connectivity index (χ3v) is 6.29. The first kappa shape index (κ1) is 27.4. The van der Waals surface area contributed by atoms with Crippen LogP contribution in [-0.2, 0) is 30.0 Å². The second-order valence-corrected chi connectivity index (χ2v) is 8.84. The van der Waals surface area contributed by atoms with Gasteiger partial charge in [0.05, 0.1) is 24.9 Å². The van der Waals surface area contributed by atoms with E-state index >= 15 is 0 Å². The van der Waals surface area contributed by atoms with Gasteiger partial charge in [0.2, 0.25) is 0 Å². The Morgan fingerprint density at radius 3 is 2.33 bits per heavy atom. The number of rotatable bonds is 7. The summed E-state index contributed by atoms with van der Waals surface area (Å²) in [5.41, 5.74) is -0.241. The molecule has 0 fully saturated rings. The van der Waals surface area contributed by atoms with Gasteiger partial charge in [0.15, 0.2) is 0 Å². The number of methoxy groups -OCH3 is 2. The molecule has 1 N–H and O–H groups in total. The van der Waals surface area contributed by atoms with Crippen LogP contribution < -0.4 is 4.90 Å². The molecule has 192 valence electrons. The highest BCUT2D eigenvalue weighted by atomic mass is 79.9. The molecule has 0 spiro atoms. The van der Waals surface area contributed by atoms with E-state index in [0.717, 1.165) is 21.5 Å². The minimum atomic E-state index is -4.63. The average molecular weight is 569 g/mol. The van der Waals surface area contributed by atoms with E-state index in [-0.39, 0.29) is 36.0 Å². The summed E-state index contributed by atoms with van der Waals surface area (Å²) in [5, 5.41) is 8.94. The zero-order chi connectivity index (χ0) is 26.6. The third kappa shape index (κ3) is 5.62. The third-order valence-electron chi connectivity index (χ3n) is 5.76. The molecule has 0 amide bonds. The number of carbonyl (C=O) groups is 2. The van der Waals surface area contributed by atoms with Crippen LogP contribution in [0.5, 0.6) is 0 Å². The largest absolute Gasteiger partial charge is 0.466 e. The minimum absolute atomic E-state index is 0.0296. The molecule has 0 aliphatic carbocycles. The van der Waals surface area contributed by atoms with Gasteiger partial charge in [0, 0.05) is 28.9 Å². The average Bonchev–Trinajstić information content (AvgIpc) is 2.83. The summed E-state index contributed by atoms with van der Waals surface area (Å²) in [7, 11) is 2.60. The van der Waals surface area contributed by atoms with Crippen LogP contribution >= 0.6 is 15.9 Å². The van der Waals surface area contributed by atoms with E-state index in [0.29, 0.717) is 5.56 Å². The molecular weight excluding hydrogens is 545 g/mol. The van der Waals surface area contributed by atoms with E-state index < -0.39 is 35.5 Å². The molecule has 2 aromatic rings. The number of hydrogen-bond donors (Lipinski definition) is 1. The second kappa shape index (κ2) is 11.3. The fraction of sp³-hybridized carbons (Fsp3) is 0.320. The van der Waals surface area contributed by atoms with Crippen molar-refractivity contribution in [1.29, 1.82) is 5.41 Å². The van der Waals surface area contributed by atoms with Gasteiger partial charge in [-0.3, -0.25) is 10.2 Å². The number of esters is 2. The summed E-state index contributed by atoms with van der Waals surface area (Å²) < 4.78 is 56.3. The first-order valence-corrected chi connectivity index (χ1v) is 11.6. The molecule has 1 heterocycles. The lowest BCUT2D eigenvalue weighted by atomic mass is 9.75. The topological polar surface area (TPSA) is 88.9 Å². The standard InChI is InChI=1S/C25H24BrF3N2O5/c1-14-19(23(32)35-3)20(15-7-9-17(26)10-8-15)21(24(33)36-12-11-34-2)22(30)31(14)18-6-4-5-16(13-18)25(27,28)29/h4-10,13,20-21,30H,11-12H2,1-3H3.